The average molecular weight is 171 g/mol. The summed E-state index contributed by atoms with van der Waals surface area (Å²) in [5, 5.41) is 0. The molecule has 0 fully saturated rings. The van der Waals surface area contributed by atoms with Gasteiger partial charge in [0.1, 0.15) is 22.5 Å². The van der Waals surface area contributed by atoms with Crippen LogP contribution in [0.5, 0.6) is 0 Å². The highest BCUT2D eigenvalue weighted by Crippen LogP contribution is 2.70. The lowest BCUT2D eigenvalue weighted by molar-refractivity contribution is -0.367. The van der Waals surface area contributed by atoms with E-state index in [1.54, 1.807) is 12.1 Å². The molecule has 0 saturated heterocycles. The standard InChI is InChI=1S/C4H5Cl2OP/c5-8(6)3-1-7-2-4-8/h1-3H,4H2/q+2. The van der Waals surface area contributed by atoms with Crippen LogP contribution in [0.15, 0.2) is 12.1 Å². The Kier molecular flexibility index (Phi) is 1.92. The number of rotatable bonds is 0. The maximum Gasteiger partial charge on any atom is 0.354 e. The van der Waals surface area contributed by atoms with Crippen LogP contribution in [0.3, 0.4) is 0 Å². The molecule has 4 heteroatoms. The van der Waals surface area contributed by atoms with E-state index in [0.717, 1.165) is 0 Å². The van der Waals surface area contributed by atoms with Crippen molar-refractivity contribution in [1.29, 1.82) is 0 Å². The third-order valence-corrected chi connectivity index (χ3v) is 3.47. The minimum absolute atomic E-state index is 0.659. The van der Waals surface area contributed by atoms with Gasteiger partial charge in [0.05, 0.1) is 0 Å². The molecule has 0 aromatic rings. The lowest BCUT2D eigenvalue weighted by Gasteiger charge is -1.94. The van der Waals surface area contributed by atoms with Crippen LogP contribution in [0.25, 0.3) is 0 Å². The largest absolute Gasteiger partial charge is 0.354 e. The van der Waals surface area contributed by atoms with Crippen LogP contribution in [0.1, 0.15) is 0 Å². The van der Waals surface area contributed by atoms with E-state index in [-0.39, 0.29) is 0 Å². The zero-order chi connectivity index (χ0) is 6.04. The molecule has 0 aliphatic carbocycles. The molecule has 0 radical (unpaired) electrons. The first-order valence-electron chi connectivity index (χ1n) is 2.13. The Labute approximate surface area is 57.9 Å². The first-order chi connectivity index (χ1) is 3.71. The molecular weight excluding hydrogens is 166 g/mol. The van der Waals surface area contributed by atoms with Gasteiger partial charge < -0.3 is 0 Å². The van der Waals surface area contributed by atoms with E-state index < -0.39 is 5.97 Å². The molecular formula is C4H5Cl2OP+2. The summed E-state index contributed by atoms with van der Waals surface area (Å²) in [6, 6.07) is 0. The number of carbonyl (C=O) groups excluding carboxylic acids is 1. The normalized spacial score (nSPS) is 23.8. The van der Waals surface area contributed by atoms with Gasteiger partial charge in [-0.05, 0) is 0 Å². The molecule has 0 bridgehead atoms. The topological polar surface area (TPSA) is 11.3 Å². The highest BCUT2D eigenvalue weighted by molar-refractivity contribution is 8.19. The Bertz CT molecular complexity index is 141. The van der Waals surface area contributed by atoms with Gasteiger partial charge in [0.2, 0.25) is 6.16 Å². The fourth-order valence-electron chi connectivity index (χ4n) is 0.383. The van der Waals surface area contributed by atoms with Crippen LogP contribution in [0.4, 0.5) is 0 Å². The van der Waals surface area contributed by atoms with Gasteiger partial charge >= 0.3 is 12.5 Å². The van der Waals surface area contributed by atoms with E-state index in [4.69, 9.17) is 26.9 Å². The fourth-order valence-corrected chi connectivity index (χ4v) is 1.65. The molecule has 1 nitrogen and oxygen atoms in total. The second-order valence-electron chi connectivity index (χ2n) is 1.45. The van der Waals surface area contributed by atoms with E-state index in [0.29, 0.717) is 6.16 Å². The highest BCUT2D eigenvalue weighted by atomic mass is 35.9. The van der Waals surface area contributed by atoms with Crippen LogP contribution in [-0.4, -0.2) is 12.4 Å². The van der Waals surface area contributed by atoms with Crippen molar-refractivity contribution < 1.29 is 4.42 Å². The Morgan fingerprint density at radius 3 is 2.50 bits per heavy atom. The van der Waals surface area contributed by atoms with E-state index in [2.05, 4.69) is 0 Å². The molecule has 0 atom stereocenters. The van der Waals surface area contributed by atoms with Crippen LogP contribution in [0.2, 0.25) is 0 Å². The number of hydrogen-bond acceptors (Lipinski definition) is 0. The zero-order valence-corrected chi connectivity index (χ0v) is 6.46. The van der Waals surface area contributed by atoms with Crippen molar-refractivity contribution in [3.63, 3.8) is 0 Å². The Morgan fingerprint density at radius 2 is 2.25 bits per heavy atom. The molecule has 0 aromatic carbocycles. The molecule has 0 aromatic heterocycles. The molecule has 44 valence electrons. The van der Waals surface area contributed by atoms with Crippen molar-refractivity contribution in [2.75, 3.05) is 6.16 Å². The van der Waals surface area contributed by atoms with Crippen LogP contribution in [-0.2, 0) is 4.42 Å². The predicted molar refractivity (Wildman–Crippen MR) is 38.7 cm³/mol. The molecule has 0 saturated carbocycles. The lowest BCUT2D eigenvalue weighted by Crippen LogP contribution is -1.90. The maximum absolute atomic E-state index is 5.75. The second kappa shape index (κ2) is 2.34. The lowest BCUT2D eigenvalue weighted by atomic mass is 10.9. The van der Waals surface area contributed by atoms with Crippen molar-refractivity contribution in [3.05, 3.63) is 12.1 Å². The molecule has 1 aliphatic heterocycles. The van der Waals surface area contributed by atoms with Crippen LogP contribution >= 0.6 is 28.4 Å². The fraction of sp³-hybridized carbons (Fsp3) is 0.250. The third-order valence-electron chi connectivity index (χ3n) is 0.772. The third kappa shape index (κ3) is 1.74. The molecule has 0 spiro atoms. The summed E-state index contributed by atoms with van der Waals surface area (Å²) >= 11 is 11.5. The molecule has 8 heavy (non-hydrogen) atoms. The second-order valence-corrected chi connectivity index (χ2v) is 7.61. The van der Waals surface area contributed by atoms with Gasteiger partial charge in [-0.25, -0.2) is 4.42 Å². The van der Waals surface area contributed by atoms with Gasteiger partial charge in [-0.1, -0.05) is 0 Å². The van der Waals surface area contributed by atoms with Gasteiger partial charge in [0, 0.05) is 0 Å². The van der Waals surface area contributed by atoms with E-state index in [9.17, 15) is 0 Å². The van der Waals surface area contributed by atoms with Crippen molar-refractivity contribution >= 4 is 34.7 Å². The van der Waals surface area contributed by atoms with Gasteiger partial charge in [-0.2, -0.15) is 0 Å². The van der Waals surface area contributed by atoms with E-state index >= 15 is 0 Å². The van der Waals surface area contributed by atoms with Gasteiger partial charge in [-0.3, -0.25) is 0 Å². The molecule has 1 heterocycles. The van der Waals surface area contributed by atoms with Crippen LogP contribution < -0.4 is 0 Å². The summed E-state index contributed by atoms with van der Waals surface area (Å²) < 4.78 is 4.76. The smallest absolute Gasteiger partial charge is 0.221 e. The predicted octanol–water partition coefficient (Wildman–Crippen LogP) is 2.53. The molecule has 0 amide bonds. The summed E-state index contributed by atoms with van der Waals surface area (Å²) in [6.07, 6.45) is 3.80. The Morgan fingerprint density at radius 1 is 1.50 bits per heavy atom. The molecule has 0 unspecified atom stereocenters. The minimum atomic E-state index is -1.75. The van der Waals surface area contributed by atoms with Gasteiger partial charge in [0.25, 0.3) is 5.97 Å². The van der Waals surface area contributed by atoms with Crippen LogP contribution in [0, 0.1) is 0 Å². The molecule has 1 aliphatic rings. The zero-order valence-electron chi connectivity index (χ0n) is 4.05. The average Bonchev–Trinajstić information content (AvgIpc) is 1.65. The maximum atomic E-state index is 5.75. The number of halogens is 2. The summed E-state index contributed by atoms with van der Waals surface area (Å²) in [7, 11) is 0. The molecule has 0 N–H and O–H groups in total. The van der Waals surface area contributed by atoms with Gasteiger partial charge in [0.15, 0.2) is 5.82 Å². The number of hydrogen-bond donors (Lipinski definition) is 0. The summed E-state index contributed by atoms with van der Waals surface area (Å²) in [5.41, 5.74) is 0. The van der Waals surface area contributed by atoms with E-state index in [1.807, 2.05) is 0 Å². The van der Waals surface area contributed by atoms with Crippen molar-refractivity contribution in [3.8, 4) is 0 Å². The summed E-state index contributed by atoms with van der Waals surface area (Å²) in [4.78, 5) is 0. The number of aldehydes is 1. The van der Waals surface area contributed by atoms with Crippen molar-refractivity contribution in [2.24, 2.45) is 0 Å². The minimum Gasteiger partial charge on any atom is -0.221 e. The Hall–Kier alpha value is 0.420. The van der Waals surface area contributed by atoms with Gasteiger partial charge in [-0.15, -0.1) is 0 Å². The van der Waals surface area contributed by atoms with E-state index in [1.165, 1.54) is 6.26 Å². The van der Waals surface area contributed by atoms with Crippen molar-refractivity contribution in [1.82, 2.24) is 0 Å². The summed E-state index contributed by atoms with van der Waals surface area (Å²) in [5.74, 6) is -0.0349. The SMILES string of the molecule is Cl[P+]1(Cl)C=C[O+]=CC1. The Balaban J connectivity index is 2.65. The highest BCUT2D eigenvalue weighted by Gasteiger charge is 2.36. The van der Waals surface area contributed by atoms with Crippen molar-refractivity contribution in [2.45, 2.75) is 0 Å². The molecule has 1 rings (SSSR count). The first kappa shape index (κ1) is 6.54. The summed E-state index contributed by atoms with van der Waals surface area (Å²) in [6.45, 7) is 0. The monoisotopic (exact) mass is 170 g/mol. The first-order valence-corrected chi connectivity index (χ1v) is 5.98. The quantitative estimate of drug-likeness (QED) is 0.301.